The number of hydrogen-bond acceptors (Lipinski definition) is 15. The van der Waals surface area contributed by atoms with Crippen molar-refractivity contribution in [2.24, 2.45) is 35.5 Å². The van der Waals surface area contributed by atoms with Gasteiger partial charge in [-0.3, -0.25) is 62.3 Å². The highest BCUT2D eigenvalue weighted by molar-refractivity contribution is 6.01. The minimum Gasteiger partial charge on any atom is -0.391 e. The van der Waals surface area contributed by atoms with Gasteiger partial charge in [0.1, 0.15) is 29.7 Å². The van der Waals surface area contributed by atoms with E-state index in [9.17, 15) is 48.3 Å². The lowest BCUT2D eigenvalue weighted by Gasteiger charge is -2.43. The molecule has 13 atom stereocenters. The summed E-state index contributed by atoms with van der Waals surface area (Å²) in [6.45, 7) is 22.1. The summed E-state index contributed by atoms with van der Waals surface area (Å²) in [5, 5.41) is 22.3. The summed E-state index contributed by atoms with van der Waals surface area (Å²) >= 11 is 0. The number of hydrogen-bond donors (Lipinski definition) is 5. The molecule has 5 N–H and O–H groups in total. The van der Waals surface area contributed by atoms with Crippen molar-refractivity contribution >= 4 is 76.4 Å². The Balaban J connectivity index is 1.63. The standard InChI is InChI=1S/C77H118N10O15/c1-18-49(6)77(13)75(101)80-59(37-47(2)3)73(99)87-36-28-33-60(87)70(96)81-67(52(9)88)74(100)83(15)51(8)68(94)79-58(40-54-31-24-20-25-32-54)63(90)42-56(72(98)86-34-26-21-27-35-86)44-65(92)82(14)50(7)62(89)41-55(39-53-29-22-19-23-30-53)71(97)84(16)61(38-48(4)5)64(91)43-57(46-102-76(10,11)12)69(95)78-45-66(93)85(77)17/h19-20,22-25,29-32,47-52,55-61,67,88H,18,21,26-28,33-46H2,1-17H3,(H,78,95)(H,79,94)(H,80,101)(H,81,96)/t49-,50-,51-,52+,55+,56-,57-,58-,59-,60-,61-,67-,77-/m0/s1. The molecular formula is C77H118N10O15. The number of likely N-dealkylation sites (N-methyl/N-ethyl adjacent to an activating group) is 4. The second-order valence-electron chi connectivity index (χ2n) is 30.7. The molecule has 3 aliphatic rings. The van der Waals surface area contributed by atoms with Gasteiger partial charge in [-0.2, -0.15) is 0 Å². The van der Waals surface area contributed by atoms with Crippen molar-refractivity contribution in [3.63, 3.8) is 0 Å². The fourth-order valence-corrected chi connectivity index (χ4v) is 13.6. The van der Waals surface area contributed by atoms with E-state index in [4.69, 9.17) is 4.74 Å². The molecule has 0 spiro atoms. The van der Waals surface area contributed by atoms with E-state index in [0.717, 1.165) is 11.3 Å². The molecule has 0 radical (unpaired) electrons. The number of piperidine rings is 1. The molecule has 0 unspecified atom stereocenters. The Morgan fingerprint density at radius 3 is 1.74 bits per heavy atom. The Kier molecular flexibility index (Phi) is 32.0. The van der Waals surface area contributed by atoms with Crippen LogP contribution in [0, 0.1) is 35.5 Å². The molecule has 3 heterocycles. The first-order chi connectivity index (χ1) is 47.8. The fourth-order valence-electron chi connectivity index (χ4n) is 13.6. The van der Waals surface area contributed by atoms with E-state index in [1.54, 1.807) is 82.0 Å². The van der Waals surface area contributed by atoms with Crippen LogP contribution in [0.25, 0.3) is 0 Å². The third-order valence-electron chi connectivity index (χ3n) is 20.9. The predicted octanol–water partition coefficient (Wildman–Crippen LogP) is 5.25. The van der Waals surface area contributed by atoms with Crippen molar-refractivity contribution in [3.05, 3.63) is 71.8 Å². The summed E-state index contributed by atoms with van der Waals surface area (Å²) < 4.78 is 6.15. The Bertz CT molecular complexity index is 3240. The van der Waals surface area contributed by atoms with Gasteiger partial charge in [0.2, 0.25) is 59.1 Å². The number of amides is 10. The largest absolute Gasteiger partial charge is 0.391 e. The van der Waals surface area contributed by atoms with Crippen LogP contribution in [0.5, 0.6) is 0 Å². The first kappa shape index (κ1) is 84.7. The number of aliphatic hydroxyl groups is 1. The number of benzene rings is 2. The first-order valence-corrected chi connectivity index (χ1v) is 36.6. The number of fused-ring (bicyclic) bond motifs is 1. The lowest BCUT2D eigenvalue weighted by Crippen LogP contribution is -2.65. The first-order valence-electron chi connectivity index (χ1n) is 36.6. The van der Waals surface area contributed by atoms with E-state index in [1.165, 1.54) is 68.6 Å². The molecule has 2 aromatic rings. The van der Waals surface area contributed by atoms with Gasteiger partial charge in [0.15, 0.2) is 17.3 Å². The van der Waals surface area contributed by atoms with Crippen LogP contribution in [0.4, 0.5) is 0 Å². The van der Waals surface area contributed by atoms with Crippen LogP contribution < -0.4 is 21.3 Å². The Labute approximate surface area is 604 Å². The highest BCUT2D eigenvalue weighted by atomic mass is 16.5. The Morgan fingerprint density at radius 1 is 0.598 bits per heavy atom. The topological polar surface area (TPSA) is 319 Å². The summed E-state index contributed by atoms with van der Waals surface area (Å²) in [6.07, 6.45) is 0.0131. The van der Waals surface area contributed by atoms with Gasteiger partial charge in [-0.1, -0.05) is 109 Å². The number of nitrogens with one attached hydrogen (secondary N) is 4. The van der Waals surface area contributed by atoms with Crippen LogP contribution >= 0.6 is 0 Å². The minimum atomic E-state index is -1.65. The Hall–Kier alpha value is -7.93. The van der Waals surface area contributed by atoms with Gasteiger partial charge in [0, 0.05) is 79.4 Å². The molecule has 3 aliphatic heterocycles. The highest BCUT2D eigenvalue weighted by Gasteiger charge is 2.48. The van der Waals surface area contributed by atoms with Gasteiger partial charge in [-0.25, -0.2) is 0 Å². The molecule has 3 saturated heterocycles. The SMILES string of the molecule is CC[C@H](C)[C@@]1(C)C(=O)N[C@@H](CC(C)C)C(=O)N2CCC[C@H]2C(=O)N[C@@H]([C@@H](C)O)C(=O)N(C)[C@@H](C)C(=O)N[C@@H](Cc2ccccc2)C(=O)C[C@H](C(=O)N2CCCCC2)CC(=O)N(C)[C@@H](C)C(=O)C[C@@H](Cc2ccccc2)C(=O)N(C)[C@@H](CC(C)C)C(=O)C[C@@H](COC(C)(C)C)C(=O)NCC(=O)N1C. The van der Waals surface area contributed by atoms with E-state index in [2.05, 4.69) is 21.3 Å². The normalized spacial score (nSPS) is 27.5. The summed E-state index contributed by atoms with van der Waals surface area (Å²) in [4.78, 5) is 200. The maximum atomic E-state index is 15.2. The predicted molar refractivity (Wildman–Crippen MR) is 386 cm³/mol. The molecule has 25 heteroatoms. The maximum Gasteiger partial charge on any atom is 0.248 e. The second-order valence-corrected chi connectivity index (χ2v) is 30.7. The van der Waals surface area contributed by atoms with Crippen LogP contribution in [0.2, 0.25) is 0 Å². The molecule has 25 nitrogen and oxygen atoms in total. The maximum absolute atomic E-state index is 15.2. The zero-order chi connectivity index (χ0) is 76.2. The molecular weight excluding hydrogens is 1300 g/mol. The van der Waals surface area contributed by atoms with Crippen molar-refractivity contribution < 1.29 is 72.2 Å². The molecule has 102 heavy (non-hydrogen) atoms. The van der Waals surface area contributed by atoms with Gasteiger partial charge >= 0.3 is 0 Å². The van der Waals surface area contributed by atoms with Crippen LogP contribution in [-0.4, -0.2) is 231 Å². The highest BCUT2D eigenvalue weighted by Crippen LogP contribution is 2.31. The van der Waals surface area contributed by atoms with Crippen molar-refractivity contribution in [3.8, 4) is 0 Å². The average Bonchev–Trinajstić information content (AvgIpc) is 1.03. The summed E-state index contributed by atoms with van der Waals surface area (Å²) in [7, 11) is 5.62. The summed E-state index contributed by atoms with van der Waals surface area (Å²) in [5.41, 5.74) is -1.10. The number of ether oxygens (including phenoxy) is 1. The summed E-state index contributed by atoms with van der Waals surface area (Å²) in [5.74, 6) is -12.9. The monoisotopic (exact) mass is 1420 g/mol. The van der Waals surface area contributed by atoms with Gasteiger partial charge in [0.25, 0.3) is 0 Å². The zero-order valence-corrected chi connectivity index (χ0v) is 63.6. The number of ketones is 3. The number of carbonyl (C=O) groups is 13. The molecule has 566 valence electrons. The van der Waals surface area contributed by atoms with E-state index in [-0.39, 0.29) is 63.5 Å². The molecule has 0 aliphatic carbocycles. The molecule has 0 aromatic heterocycles. The Morgan fingerprint density at radius 2 is 1.18 bits per heavy atom. The van der Waals surface area contributed by atoms with Gasteiger partial charge in [-0.05, 0) is 135 Å². The van der Waals surface area contributed by atoms with Crippen molar-refractivity contribution in [1.29, 1.82) is 0 Å². The molecule has 2 aromatic carbocycles. The summed E-state index contributed by atoms with van der Waals surface area (Å²) in [6, 6.07) is 8.80. The molecule has 5 rings (SSSR count). The molecule has 10 amide bonds. The molecule has 0 saturated carbocycles. The van der Waals surface area contributed by atoms with Crippen LogP contribution in [-0.2, 0) is 79.9 Å². The van der Waals surface area contributed by atoms with E-state index < -0.39 is 185 Å². The van der Waals surface area contributed by atoms with Crippen LogP contribution in [0.1, 0.15) is 178 Å². The van der Waals surface area contributed by atoms with E-state index in [1.807, 2.05) is 52.8 Å². The fraction of sp³-hybridized carbons (Fsp3) is 0.675. The molecule has 3 fully saturated rings. The quantitative estimate of drug-likeness (QED) is 0.161. The van der Waals surface area contributed by atoms with E-state index in [0.29, 0.717) is 49.9 Å². The number of nitrogens with zero attached hydrogens (tertiary/aromatic N) is 6. The number of likely N-dealkylation sites (tertiary alicyclic amines) is 1. The smallest absolute Gasteiger partial charge is 0.248 e. The molecule has 0 bridgehead atoms. The van der Waals surface area contributed by atoms with Gasteiger partial charge in [-0.15, -0.1) is 0 Å². The number of Topliss-reactive ketones (excluding diaryl/α,β-unsaturated/α-hetero) is 3. The third-order valence-corrected chi connectivity index (χ3v) is 20.9. The lowest BCUT2D eigenvalue weighted by molar-refractivity contribution is -0.151. The average molecular weight is 1420 g/mol. The third kappa shape index (κ3) is 23.3. The van der Waals surface area contributed by atoms with Crippen molar-refractivity contribution in [2.75, 3.05) is 61.0 Å². The van der Waals surface area contributed by atoms with Gasteiger partial charge < -0.3 is 60.5 Å². The minimum absolute atomic E-state index is 0.0598. The van der Waals surface area contributed by atoms with Crippen LogP contribution in [0.15, 0.2) is 60.7 Å². The number of aliphatic hydroxyl groups excluding tert-OH is 1. The van der Waals surface area contributed by atoms with E-state index >= 15 is 19.2 Å². The number of carbonyl (C=O) groups excluding carboxylic acids is 13. The van der Waals surface area contributed by atoms with Crippen molar-refractivity contribution in [1.82, 2.24) is 50.7 Å². The zero-order valence-electron chi connectivity index (χ0n) is 63.6. The number of rotatable bonds is 14. The van der Waals surface area contributed by atoms with Crippen LogP contribution in [0.3, 0.4) is 0 Å². The van der Waals surface area contributed by atoms with Gasteiger partial charge in [0.05, 0.1) is 54.8 Å². The second kappa shape index (κ2) is 38.5. The lowest BCUT2D eigenvalue weighted by atomic mass is 9.82. The van der Waals surface area contributed by atoms with Crippen molar-refractivity contribution in [2.45, 2.75) is 239 Å².